The van der Waals surface area contributed by atoms with Crippen molar-refractivity contribution < 1.29 is 19.1 Å². The minimum absolute atomic E-state index is 0.177. The molecule has 2 heterocycles. The minimum atomic E-state index is -1.41. The summed E-state index contributed by atoms with van der Waals surface area (Å²) in [5.74, 6) is -1.69. The molecular formula is C28H30ClN3O4S. The van der Waals surface area contributed by atoms with E-state index in [4.69, 9.17) is 26.1 Å². The summed E-state index contributed by atoms with van der Waals surface area (Å²) in [5.41, 5.74) is 1.86. The topological polar surface area (TPSA) is 89.5 Å². The SMILES string of the molecule is CCOC(=O)C1=C(C)NC(C)C(Nc2nc(-c3ccccc3Cl)cs2)(C(=O)OCC)C1c1ccccc1. The van der Waals surface area contributed by atoms with E-state index in [2.05, 4.69) is 10.6 Å². The molecule has 0 radical (unpaired) electrons. The van der Waals surface area contributed by atoms with E-state index in [1.54, 1.807) is 19.9 Å². The first-order chi connectivity index (χ1) is 17.8. The van der Waals surface area contributed by atoms with Gasteiger partial charge >= 0.3 is 11.9 Å². The molecule has 3 aromatic rings. The van der Waals surface area contributed by atoms with Crippen LogP contribution in [0, 0.1) is 0 Å². The van der Waals surface area contributed by atoms with Crippen molar-refractivity contribution in [2.24, 2.45) is 0 Å². The minimum Gasteiger partial charge on any atom is -0.464 e. The molecule has 2 aromatic carbocycles. The third kappa shape index (κ3) is 5.08. The fraction of sp³-hybridized carbons (Fsp3) is 0.321. The van der Waals surface area contributed by atoms with Crippen LogP contribution >= 0.6 is 22.9 Å². The summed E-state index contributed by atoms with van der Waals surface area (Å²) in [6, 6.07) is 16.5. The number of thiazole rings is 1. The van der Waals surface area contributed by atoms with Gasteiger partial charge in [0.1, 0.15) is 0 Å². The Hall–Kier alpha value is -3.36. The van der Waals surface area contributed by atoms with Crippen LogP contribution < -0.4 is 10.6 Å². The molecule has 0 saturated carbocycles. The van der Waals surface area contributed by atoms with Crippen molar-refractivity contribution in [2.45, 2.75) is 45.2 Å². The van der Waals surface area contributed by atoms with Crippen LogP contribution in [0.15, 0.2) is 71.2 Å². The molecule has 194 valence electrons. The number of halogens is 1. The number of benzene rings is 2. The Balaban J connectivity index is 1.90. The molecule has 37 heavy (non-hydrogen) atoms. The normalized spacial score (nSPS) is 21.2. The van der Waals surface area contributed by atoms with Crippen LogP contribution in [-0.2, 0) is 19.1 Å². The number of hydrogen-bond donors (Lipinski definition) is 2. The van der Waals surface area contributed by atoms with Gasteiger partial charge in [-0.15, -0.1) is 11.3 Å². The molecule has 0 spiro atoms. The maximum Gasteiger partial charge on any atom is 0.336 e. The van der Waals surface area contributed by atoms with Gasteiger partial charge in [-0.2, -0.15) is 0 Å². The Morgan fingerprint density at radius 3 is 2.43 bits per heavy atom. The third-order valence-corrected chi connectivity index (χ3v) is 7.56. The van der Waals surface area contributed by atoms with E-state index in [9.17, 15) is 9.59 Å². The van der Waals surface area contributed by atoms with Gasteiger partial charge in [-0.25, -0.2) is 14.6 Å². The standard InChI is InChI=1S/C28H30ClN3O4S/c1-5-35-25(33)23-17(3)30-18(4)28(26(34)36-6-2,24(23)19-12-8-7-9-13-19)32-27-31-22(16-37-27)20-14-10-11-15-21(20)29/h7-16,18,24,30H,5-6H2,1-4H3,(H,31,32). The summed E-state index contributed by atoms with van der Waals surface area (Å²) in [6.07, 6.45) is 0. The first-order valence-corrected chi connectivity index (χ1v) is 13.4. The zero-order valence-electron chi connectivity index (χ0n) is 21.2. The predicted molar refractivity (Wildman–Crippen MR) is 147 cm³/mol. The number of anilines is 1. The lowest BCUT2D eigenvalue weighted by atomic mass is 9.68. The molecule has 4 rings (SSSR count). The van der Waals surface area contributed by atoms with Crippen LogP contribution in [0.25, 0.3) is 11.3 Å². The van der Waals surface area contributed by atoms with Gasteiger partial charge in [0.05, 0.1) is 36.4 Å². The summed E-state index contributed by atoms with van der Waals surface area (Å²) >= 11 is 7.76. The van der Waals surface area contributed by atoms with Crippen molar-refractivity contribution >= 4 is 40.0 Å². The molecule has 1 aromatic heterocycles. The lowest BCUT2D eigenvalue weighted by Crippen LogP contribution is -2.66. The lowest BCUT2D eigenvalue weighted by molar-refractivity contribution is -0.151. The molecule has 1 aliphatic heterocycles. The van der Waals surface area contributed by atoms with Crippen LogP contribution in [-0.4, -0.2) is 41.7 Å². The van der Waals surface area contributed by atoms with Crippen LogP contribution in [0.5, 0.6) is 0 Å². The van der Waals surface area contributed by atoms with Crippen molar-refractivity contribution in [1.82, 2.24) is 10.3 Å². The molecule has 0 amide bonds. The van der Waals surface area contributed by atoms with Gasteiger partial charge < -0.3 is 20.1 Å². The Labute approximate surface area is 225 Å². The molecule has 9 heteroatoms. The Morgan fingerprint density at radius 1 is 1.08 bits per heavy atom. The maximum atomic E-state index is 13.9. The van der Waals surface area contributed by atoms with E-state index in [-0.39, 0.29) is 13.2 Å². The van der Waals surface area contributed by atoms with E-state index in [1.165, 1.54) is 11.3 Å². The van der Waals surface area contributed by atoms with Gasteiger partial charge in [0.25, 0.3) is 0 Å². The smallest absolute Gasteiger partial charge is 0.336 e. The fourth-order valence-corrected chi connectivity index (χ4v) is 5.86. The van der Waals surface area contributed by atoms with Gasteiger partial charge in [0.15, 0.2) is 10.7 Å². The third-order valence-electron chi connectivity index (χ3n) is 6.47. The summed E-state index contributed by atoms with van der Waals surface area (Å²) in [5, 5.41) is 9.72. The highest BCUT2D eigenvalue weighted by molar-refractivity contribution is 7.14. The summed E-state index contributed by atoms with van der Waals surface area (Å²) < 4.78 is 11.1. The number of ether oxygens (including phenoxy) is 2. The van der Waals surface area contributed by atoms with Crippen molar-refractivity contribution in [1.29, 1.82) is 0 Å². The second kappa shape index (κ2) is 11.4. The van der Waals surface area contributed by atoms with Crippen LogP contribution in [0.3, 0.4) is 0 Å². The monoisotopic (exact) mass is 539 g/mol. The Kier molecular flexibility index (Phi) is 8.19. The second-order valence-corrected chi connectivity index (χ2v) is 9.97. The molecule has 0 saturated heterocycles. The van der Waals surface area contributed by atoms with E-state index >= 15 is 0 Å². The number of nitrogens with one attached hydrogen (secondary N) is 2. The number of hydrogen-bond acceptors (Lipinski definition) is 8. The lowest BCUT2D eigenvalue weighted by Gasteiger charge is -2.48. The largest absolute Gasteiger partial charge is 0.464 e. The van der Waals surface area contributed by atoms with Crippen LogP contribution in [0.1, 0.15) is 39.2 Å². The molecule has 0 aliphatic carbocycles. The Morgan fingerprint density at radius 2 is 1.76 bits per heavy atom. The quantitative estimate of drug-likeness (QED) is 0.350. The maximum absolute atomic E-state index is 13.9. The fourth-order valence-electron chi connectivity index (χ4n) is 4.84. The molecule has 2 N–H and O–H groups in total. The molecule has 3 unspecified atom stereocenters. The van der Waals surface area contributed by atoms with E-state index in [0.29, 0.717) is 27.1 Å². The van der Waals surface area contributed by atoms with Gasteiger partial charge in [-0.3, -0.25) is 0 Å². The van der Waals surface area contributed by atoms with E-state index < -0.39 is 29.4 Å². The predicted octanol–water partition coefficient (Wildman–Crippen LogP) is 5.79. The van der Waals surface area contributed by atoms with E-state index in [1.807, 2.05) is 67.8 Å². The number of allylic oxidation sites excluding steroid dienone is 1. The molecule has 7 nitrogen and oxygen atoms in total. The van der Waals surface area contributed by atoms with Gasteiger partial charge in [-0.1, -0.05) is 60.1 Å². The highest BCUT2D eigenvalue weighted by Gasteiger charge is 2.58. The molecule has 0 fully saturated rings. The molecule has 1 aliphatic rings. The number of carbonyl (C=O) groups is 2. The van der Waals surface area contributed by atoms with Gasteiger partial charge in [0.2, 0.25) is 0 Å². The number of rotatable bonds is 8. The number of esters is 2. The average Bonchev–Trinajstić information content (AvgIpc) is 3.34. The van der Waals surface area contributed by atoms with Gasteiger partial charge in [-0.05, 0) is 39.3 Å². The number of nitrogens with zero attached hydrogens (tertiary/aromatic N) is 1. The first kappa shape index (κ1) is 26.7. The van der Waals surface area contributed by atoms with Gasteiger partial charge in [0, 0.05) is 21.7 Å². The number of carbonyl (C=O) groups excluding carboxylic acids is 2. The second-order valence-electron chi connectivity index (χ2n) is 8.70. The average molecular weight is 540 g/mol. The van der Waals surface area contributed by atoms with Crippen molar-refractivity contribution in [3.63, 3.8) is 0 Å². The van der Waals surface area contributed by atoms with Crippen LogP contribution in [0.2, 0.25) is 5.02 Å². The highest BCUT2D eigenvalue weighted by atomic mass is 35.5. The molecular weight excluding hydrogens is 510 g/mol. The molecule has 3 atom stereocenters. The van der Waals surface area contributed by atoms with E-state index in [0.717, 1.165) is 11.1 Å². The number of aromatic nitrogens is 1. The van der Waals surface area contributed by atoms with Crippen molar-refractivity contribution in [3.05, 3.63) is 81.8 Å². The summed E-state index contributed by atoms with van der Waals surface area (Å²) in [6.45, 7) is 7.63. The Bertz CT molecular complexity index is 1310. The zero-order chi connectivity index (χ0) is 26.6. The molecule has 0 bridgehead atoms. The summed E-state index contributed by atoms with van der Waals surface area (Å²) in [7, 11) is 0. The highest BCUT2D eigenvalue weighted by Crippen LogP contribution is 2.46. The summed E-state index contributed by atoms with van der Waals surface area (Å²) in [4.78, 5) is 32.0. The zero-order valence-corrected chi connectivity index (χ0v) is 22.8. The first-order valence-electron chi connectivity index (χ1n) is 12.2. The van der Waals surface area contributed by atoms with Crippen molar-refractivity contribution in [2.75, 3.05) is 18.5 Å². The van der Waals surface area contributed by atoms with Crippen molar-refractivity contribution in [3.8, 4) is 11.3 Å². The van der Waals surface area contributed by atoms with Crippen LogP contribution in [0.4, 0.5) is 5.13 Å².